The van der Waals surface area contributed by atoms with Crippen molar-refractivity contribution in [3.05, 3.63) is 24.2 Å². The van der Waals surface area contributed by atoms with E-state index in [-0.39, 0.29) is 17.9 Å². The number of hydrogen-bond acceptors (Lipinski definition) is 7. The Balaban J connectivity index is 1.45. The fraction of sp³-hybridized carbons (Fsp3) is 0.600. The van der Waals surface area contributed by atoms with E-state index in [4.69, 9.17) is 9.26 Å². The molecule has 150 valence electrons. The number of carbonyl (C=O) groups is 1. The Morgan fingerprint density at radius 2 is 2.29 bits per heavy atom. The molecule has 0 spiro atoms. The normalized spacial score (nSPS) is 22.4. The highest BCUT2D eigenvalue weighted by atomic mass is 16.5. The van der Waals surface area contributed by atoms with Crippen molar-refractivity contribution in [3.63, 3.8) is 0 Å². The molecule has 8 heteroatoms. The van der Waals surface area contributed by atoms with Gasteiger partial charge in [-0.15, -0.1) is 0 Å². The number of hydrogen-bond donors (Lipinski definition) is 1. The highest BCUT2D eigenvalue weighted by molar-refractivity contribution is 5.80. The first-order chi connectivity index (χ1) is 13.7. The van der Waals surface area contributed by atoms with Gasteiger partial charge in [0, 0.05) is 38.9 Å². The predicted molar refractivity (Wildman–Crippen MR) is 104 cm³/mol. The zero-order valence-electron chi connectivity index (χ0n) is 16.3. The smallest absolute Gasteiger partial charge is 0.226 e. The number of amides is 1. The largest absolute Gasteiger partial charge is 0.376 e. The molecule has 2 saturated heterocycles. The molecule has 2 aliphatic rings. The van der Waals surface area contributed by atoms with E-state index in [0.717, 1.165) is 50.2 Å². The van der Waals surface area contributed by atoms with Gasteiger partial charge in [0.05, 0.1) is 17.6 Å². The van der Waals surface area contributed by atoms with Gasteiger partial charge < -0.3 is 19.5 Å². The van der Waals surface area contributed by atoms with Gasteiger partial charge in [-0.2, -0.15) is 4.98 Å². The predicted octanol–water partition coefficient (Wildman–Crippen LogP) is 2.21. The average Bonchev–Trinajstić information content (AvgIpc) is 3.44. The maximum Gasteiger partial charge on any atom is 0.226 e. The summed E-state index contributed by atoms with van der Waals surface area (Å²) in [5.41, 5.74) is 0.839. The molecule has 8 nitrogen and oxygen atoms in total. The van der Waals surface area contributed by atoms with Crippen LogP contribution < -0.4 is 10.2 Å². The molecular formula is C20H27N5O3. The second kappa shape index (κ2) is 8.68. The zero-order valence-corrected chi connectivity index (χ0v) is 16.3. The fourth-order valence-electron chi connectivity index (χ4n) is 3.88. The van der Waals surface area contributed by atoms with E-state index in [1.807, 2.05) is 19.1 Å². The minimum absolute atomic E-state index is 0.0542. The van der Waals surface area contributed by atoms with Crippen LogP contribution in [0.25, 0.3) is 11.4 Å². The molecule has 2 aliphatic heterocycles. The Morgan fingerprint density at radius 3 is 3.07 bits per heavy atom. The van der Waals surface area contributed by atoms with Crippen LogP contribution in [0.15, 0.2) is 22.9 Å². The minimum atomic E-state index is -0.0542. The van der Waals surface area contributed by atoms with Crippen molar-refractivity contribution in [1.82, 2.24) is 20.4 Å². The van der Waals surface area contributed by atoms with Crippen LogP contribution in [0.2, 0.25) is 0 Å². The quantitative estimate of drug-likeness (QED) is 0.815. The summed E-state index contributed by atoms with van der Waals surface area (Å²) in [5.74, 6) is 2.01. The van der Waals surface area contributed by atoms with E-state index in [1.54, 1.807) is 6.20 Å². The Morgan fingerprint density at radius 1 is 1.36 bits per heavy atom. The topological polar surface area (TPSA) is 93.4 Å². The number of rotatable bonds is 6. The number of anilines is 1. The van der Waals surface area contributed by atoms with E-state index in [2.05, 4.69) is 25.3 Å². The molecule has 2 aromatic heterocycles. The molecule has 28 heavy (non-hydrogen) atoms. The third kappa shape index (κ3) is 4.16. The number of pyridine rings is 1. The van der Waals surface area contributed by atoms with Crippen LogP contribution >= 0.6 is 0 Å². The van der Waals surface area contributed by atoms with Gasteiger partial charge in [-0.05, 0) is 37.8 Å². The summed E-state index contributed by atoms with van der Waals surface area (Å²) in [4.78, 5) is 23.9. The lowest BCUT2D eigenvalue weighted by Gasteiger charge is -2.33. The van der Waals surface area contributed by atoms with E-state index in [1.165, 1.54) is 0 Å². The maximum atomic E-state index is 12.7. The summed E-state index contributed by atoms with van der Waals surface area (Å²) in [6.45, 7) is 4.88. The average molecular weight is 385 g/mol. The summed E-state index contributed by atoms with van der Waals surface area (Å²) in [5, 5.41) is 7.17. The van der Waals surface area contributed by atoms with Crippen LogP contribution in [0.3, 0.4) is 0 Å². The Labute approximate surface area is 164 Å². The van der Waals surface area contributed by atoms with Crippen molar-refractivity contribution in [1.29, 1.82) is 0 Å². The number of nitrogens with one attached hydrogen (secondary N) is 1. The number of nitrogens with zero attached hydrogens (tertiary/aromatic N) is 4. The fourth-order valence-corrected chi connectivity index (χ4v) is 3.88. The maximum absolute atomic E-state index is 12.7. The van der Waals surface area contributed by atoms with Crippen molar-refractivity contribution in [2.45, 2.75) is 45.1 Å². The molecule has 0 saturated carbocycles. The lowest BCUT2D eigenvalue weighted by Crippen LogP contribution is -2.45. The van der Waals surface area contributed by atoms with Crippen LogP contribution in [-0.2, 0) is 16.0 Å². The van der Waals surface area contributed by atoms with Gasteiger partial charge in [-0.1, -0.05) is 12.1 Å². The molecule has 0 aliphatic carbocycles. The van der Waals surface area contributed by atoms with Crippen molar-refractivity contribution in [2.75, 3.05) is 31.1 Å². The lowest BCUT2D eigenvalue weighted by molar-refractivity contribution is -0.125. The highest BCUT2D eigenvalue weighted by Gasteiger charge is 2.29. The van der Waals surface area contributed by atoms with Crippen LogP contribution in [0.4, 0.5) is 5.82 Å². The Kier molecular flexibility index (Phi) is 5.85. The van der Waals surface area contributed by atoms with Gasteiger partial charge in [0.25, 0.3) is 0 Å². The van der Waals surface area contributed by atoms with Gasteiger partial charge in [0.1, 0.15) is 5.82 Å². The highest BCUT2D eigenvalue weighted by Crippen LogP contribution is 2.30. The van der Waals surface area contributed by atoms with E-state index >= 15 is 0 Å². The third-order valence-corrected chi connectivity index (χ3v) is 5.42. The number of piperidine rings is 1. The SMILES string of the molecule is CCc1nc(-c2cccnc2N2CCC[C@@H](C(=O)NC[C@@H]3CCCO3)C2)no1. The van der Waals surface area contributed by atoms with Crippen LogP contribution in [0.1, 0.15) is 38.5 Å². The number of ether oxygens (including phenoxy) is 1. The molecule has 4 heterocycles. The summed E-state index contributed by atoms with van der Waals surface area (Å²) < 4.78 is 10.9. The molecule has 2 fully saturated rings. The van der Waals surface area contributed by atoms with E-state index in [9.17, 15) is 4.79 Å². The van der Waals surface area contributed by atoms with Gasteiger partial charge in [-0.25, -0.2) is 4.98 Å². The van der Waals surface area contributed by atoms with Crippen molar-refractivity contribution in [3.8, 4) is 11.4 Å². The van der Waals surface area contributed by atoms with E-state index < -0.39 is 0 Å². The van der Waals surface area contributed by atoms with Crippen molar-refractivity contribution < 1.29 is 14.1 Å². The first-order valence-corrected chi connectivity index (χ1v) is 10.2. The molecule has 2 atom stereocenters. The second-order valence-electron chi connectivity index (χ2n) is 7.41. The summed E-state index contributed by atoms with van der Waals surface area (Å²) >= 11 is 0. The van der Waals surface area contributed by atoms with Gasteiger partial charge >= 0.3 is 0 Å². The van der Waals surface area contributed by atoms with Gasteiger partial charge in [0.15, 0.2) is 0 Å². The number of carbonyl (C=O) groups excluding carboxylic acids is 1. The van der Waals surface area contributed by atoms with E-state index in [0.29, 0.717) is 31.2 Å². The van der Waals surface area contributed by atoms with Crippen LogP contribution in [-0.4, -0.2) is 53.4 Å². The van der Waals surface area contributed by atoms with Crippen molar-refractivity contribution >= 4 is 11.7 Å². The summed E-state index contributed by atoms with van der Waals surface area (Å²) in [7, 11) is 0. The van der Waals surface area contributed by atoms with Crippen LogP contribution in [0, 0.1) is 5.92 Å². The van der Waals surface area contributed by atoms with Crippen LogP contribution in [0.5, 0.6) is 0 Å². The van der Waals surface area contributed by atoms with Crippen molar-refractivity contribution in [2.24, 2.45) is 5.92 Å². The Bertz CT molecular complexity index is 803. The number of aryl methyl sites for hydroxylation is 1. The zero-order chi connectivity index (χ0) is 19.3. The van der Waals surface area contributed by atoms with Gasteiger partial charge in [0.2, 0.25) is 17.6 Å². The Hall–Kier alpha value is -2.48. The monoisotopic (exact) mass is 385 g/mol. The molecule has 1 N–H and O–H groups in total. The molecule has 0 unspecified atom stereocenters. The summed E-state index contributed by atoms with van der Waals surface area (Å²) in [6, 6.07) is 3.82. The molecule has 1 amide bonds. The molecule has 0 bridgehead atoms. The molecule has 0 radical (unpaired) electrons. The molecule has 4 rings (SSSR count). The summed E-state index contributed by atoms with van der Waals surface area (Å²) in [6.07, 6.45) is 6.56. The number of aromatic nitrogens is 3. The first-order valence-electron chi connectivity index (χ1n) is 10.2. The standard InChI is InChI=1S/C20H27N5O3/c1-2-17-23-18(24-28-17)16-8-3-9-21-19(16)25-10-4-6-14(13-25)20(26)22-12-15-7-5-11-27-15/h3,8-9,14-15H,2,4-7,10-13H2,1H3,(H,22,26)/t14-,15+/m1/s1. The minimum Gasteiger partial charge on any atom is -0.376 e. The molecule has 0 aromatic carbocycles. The third-order valence-electron chi connectivity index (χ3n) is 5.42. The molecule has 2 aromatic rings. The molecular weight excluding hydrogens is 358 g/mol. The first kappa shape index (κ1) is 18.9. The lowest BCUT2D eigenvalue weighted by atomic mass is 9.96. The van der Waals surface area contributed by atoms with Gasteiger partial charge in [-0.3, -0.25) is 4.79 Å². The second-order valence-corrected chi connectivity index (χ2v) is 7.41.